The third-order valence-corrected chi connectivity index (χ3v) is 3.42. The number of hydrogen-bond donors (Lipinski definition) is 0. The normalized spacial score (nSPS) is 10.1. The van der Waals surface area contributed by atoms with Gasteiger partial charge in [-0.15, -0.1) is 0 Å². The van der Waals surface area contributed by atoms with E-state index >= 15 is 0 Å². The zero-order valence-electron chi connectivity index (χ0n) is 12.3. The van der Waals surface area contributed by atoms with Crippen molar-refractivity contribution in [2.24, 2.45) is 0 Å². The van der Waals surface area contributed by atoms with Crippen LogP contribution in [0.25, 0.3) is 11.3 Å². The Hall–Kier alpha value is -2.90. The van der Waals surface area contributed by atoms with E-state index in [-0.39, 0.29) is 0 Å². The van der Waals surface area contributed by atoms with E-state index in [0.717, 1.165) is 11.3 Å². The number of rotatable bonds is 3. The second-order valence-electron chi connectivity index (χ2n) is 4.90. The van der Waals surface area contributed by atoms with Gasteiger partial charge in [0.05, 0.1) is 11.6 Å². The Morgan fingerprint density at radius 2 is 1.87 bits per heavy atom. The van der Waals surface area contributed by atoms with Crippen LogP contribution in [-0.4, -0.2) is 9.97 Å². The number of benzene rings is 1. The van der Waals surface area contributed by atoms with Crippen LogP contribution < -0.4 is 4.74 Å². The molecule has 0 fully saturated rings. The summed E-state index contributed by atoms with van der Waals surface area (Å²) in [5, 5.41) is 9.27. The minimum Gasteiger partial charge on any atom is -0.455 e. The number of aryl methyl sites for hydroxylation is 1. The smallest absolute Gasteiger partial charge is 0.153 e. The maximum absolute atomic E-state index is 8.91. The molecule has 4 nitrogen and oxygen atoms in total. The molecule has 0 unspecified atom stereocenters. The standard InChI is InChI=1S/C18H12ClN3O/c1-12-2-7-16(23-15-8-9-21-17(19)10-15)18(22-12)14-5-3-13(11-20)4-6-14/h2-10H,1H3. The number of halogens is 1. The van der Waals surface area contributed by atoms with Crippen LogP contribution in [-0.2, 0) is 0 Å². The van der Waals surface area contributed by atoms with Gasteiger partial charge in [0.2, 0.25) is 0 Å². The first-order chi connectivity index (χ1) is 11.2. The summed E-state index contributed by atoms with van der Waals surface area (Å²) in [5.74, 6) is 1.20. The average molecular weight is 322 g/mol. The van der Waals surface area contributed by atoms with Gasteiger partial charge in [-0.05, 0) is 37.3 Å². The monoisotopic (exact) mass is 321 g/mol. The molecule has 0 radical (unpaired) electrons. The lowest BCUT2D eigenvalue weighted by atomic mass is 10.1. The first-order valence-electron chi connectivity index (χ1n) is 6.93. The maximum atomic E-state index is 8.91. The SMILES string of the molecule is Cc1ccc(Oc2ccnc(Cl)c2)c(-c2ccc(C#N)cc2)n1. The number of aromatic nitrogens is 2. The second-order valence-corrected chi connectivity index (χ2v) is 5.29. The fraction of sp³-hybridized carbons (Fsp3) is 0.0556. The molecule has 0 aliphatic carbocycles. The Morgan fingerprint density at radius 1 is 1.09 bits per heavy atom. The molecule has 0 saturated carbocycles. The molecule has 3 aromatic rings. The van der Waals surface area contributed by atoms with Crippen LogP contribution >= 0.6 is 11.6 Å². The highest BCUT2D eigenvalue weighted by Crippen LogP contribution is 2.32. The van der Waals surface area contributed by atoms with E-state index in [1.54, 1.807) is 30.5 Å². The van der Waals surface area contributed by atoms with Crippen molar-refractivity contribution in [2.45, 2.75) is 6.92 Å². The molecular formula is C18H12ClN3O. The van der Waals surface area contributed by atoms with Crippen molar-refractivity contribution in [1.29, 1.82) is 5.26 Å². The van der Waals surface area contributed by atoms with Crippen molar-refractivity contribution in [2.75, 3.05) is 0 Å². The van der Waals surface area contributed by atoms with Crippen LogP contribution in [0, 0.1) is 18.3 Å². The van der Waals surface area contributed by atoms with Crippen LogP contribution in [0.15, 0.2) is 54.7 Å². The van der Waals surface area contributed by atoms with Gasteiger partial charge in [-0.3, -0.25) is 0 Å². The maximum Gasteiger partial charge on any atom is 0.153 e. The Kier molecular flexibility index (Phi) is 4.22. The molecule has 112 valence electrons. The first kappa shape index (κ1) is 15.0. The molecule has 5 heteroatoms. The summed E-state index contributed by atoms with van der Waals surface area (Å²) in [7, 11) is 0. The van der Waals surface area contributed by atoms with Gasteiger partial charge in [0.25, 0.3) is 0 Å². The fourth-order valence-corrected chi connectivity index (χ4v) is 2.27. The summed E-state index contributed by atoms with van der Waals surface area (Å²) in [4.78, 5) is 8.50. The van der Waals surface area contributed by atoms with Gasteiger partial charge in [0.15, 0.2) is 5.75 Å². The zero-order chi connectivity index (χ0) is 16.2. The molecule has 0 bridgehead atoms. The van der Waals surface area contributed by atoms with E-state index < -0.39 is 0 Å². The molecule has 0 aliphatic rings. The third-order valence-electron chi connectivity index (χ3n) is 3.21. The van der Waals surface area contributed by atoms with Crippen LogP contribution in [0.4, 0.5) is 0 Å². The van der Waals surface area contributed by atoms with Crippen molar-refractivity contribution >= 4 is 11.6 Å². The fourth-order valence-electron chi connectivity index (χ4n) is 2.11. The van der Waals surface area contributed by atoms with Gasteiger partial charge in [-0.2, -0.15) is 5.26 Å². The van der Waals surface area contributed by atoms with Crippen molar-refractivity contribution in [3.63, 3.8) is 0 Å². The highest BCUT2D eigenvalue weighted by atomic mass is 35.5. The van der Waals surface area contributed by atoms with Gasteiger partial charge < -0.3 is 4.74 Å². The summed E-state index contributed by atoms with van der Waals surface area (Å²) in [6, 6.07) is 16.4. The summed E-state index contributed by atoms with van der Waals surface area (Å²) >= 11 is 5.89. The number of nitrogens with zero attached hydrogens (tertiary/aromatic N) is 3. The van der Waals surface area contributed by atoms with Gasteiger partial charge in [-0.1, -0.05) is 23.7 Å². The minimum atomic E-state index is 0.363. The van der Waals surface area contributed by atoms with Gasteiger partial charge in [-0.25, -0.2) is 9.97 Å². The van der Waals surface area contributed by atoms with E-state index in [2.05, 4.69) is 16.0 Å². The van der Waals surface area contributed by atoms with Crippen LogP contribution in [0.5, 0.6) is 11.5 Å². The van der Waals surface area contributed by atoms with Gasteiger partial charge >= 0.3 is 0 Å². The zero-order valence-corrected chi connectivity index (χ0v) is 13.1. The lowest BCUT2D eigenvalue weighted by Crippen LogP contribution is -1.94. The minimum absolute atomic E-state index is 0.363. The molecule has 0 atom stereocenters. The van der Waals surface area contributed by atoms with E-state index in [1.807, 2.05) is 31.2 Å². The molecule has 3 rings (SSSR count). The summed E-state index contributed by atoms with van der Waals surface area (Å²) in [5.41, 5.74) is 3.07. The summed E-state index contributed by atoms with van der Waals surface area (Å²) in [6.07, 6.45) is 1.58. The van der Waals surface area contributed by atoms with Crippen molar-refractivity contribution in [3.8, 4) is 28.8 Å². The Morgan fingerprint density at radius 3 is 2.57 bits per heavy atom. The summed E-state index contributed by atoms with van der Waals surface area (Å²) in [6.45, 7) is 1.92. The van der Waals surface area contributed by atoms with Gasteiger partial charge in [0.1, 0.15) is 16.6 Å². The third kappa shape index (κ3) is 3.47. The highest BCUT2D eigenvalue weighted by Gasteiger charge is 2.10. The molecule has 2 heterocycles. The van der Waals surface area contributed by atoms with E-state index in [0.29, 0.717) is 27.9 Å². The molecule has 2 aromatic heterocycles. The van der Waals surface area contributed by atoms with Crippen LogP contribution in [0.3, 0.4) is 0 Å². The lowest BCUT2D eigenvalue weighted by Gasteiger charge is -2.11. The summed E-state index contributed by atoms with van der Waals surface area (Å²) < 4.78 is 5.90. The Labute approximate surface area is 139 Å². The Balaban J connectivity index is 2.02. The Bertz CT molecular complexity index is 886. The molecule has 0 spiro atoms. The molecule has 0 aliphatic heterocycles. The van der Waals surface area contributed by atoms with Crippen molar-refractivity contribution in [1.82, 2.24) is 9.97 Å². The molecule has 23 heavy (non-hydrogen) atoms. The number of ether oxygens (including phenoxy) is 1. The topological polar surface area (TPSA) is 58.8 Å². The number of hydrogen-bond acceptors (Lipinski definition) is 4. The molecular weight excluding hydrogens is 310 g/mol. The number of nitriles is 1. The van der Waals surface area contributed by atoms with Crippen LogP contribution in [0.2, 0.25) is 5.15 Å². The van der Waals surface area contributed by atoms with Crippen LogP contribution in [0.1, 0.15) is 11.3 Å². The molecule has 0 N–H and O–H groups in total. The second kappa shape index (κ2) is 6.47. The van der Waals surface area contributed by atoms with Crippen molar-refractivity contribution < 1.29 is 4.74 Å². The number of pyridine rings is 2. The van der Waals surface area contributed by atoms with E-state index in [1.165, 1.54) is 0 Å². The predicted molar refractivity (Wildman–Crippen MR) is 88.4 cm³/mol. The molecule has 0 amide bonds. The predicted octanol–water partition coefficient (Wildman–Crippen LogP) is 4.77. The highest BCUT2D eigenvalue weighted by molar-refractivity contribution is 6.29. The van der Waals surface area contributed by atoms with E-state index in [4.69, 9.17) is 21.6 Å². The average Bonchev–Trinajstić information content (AvgIpc) is 2.57. The first-order valence-corrected chi connectivity index (χ1v) is 7.31. The van der Waals surface area contributed by atoms with Gasteiger partial charge in [0, 0.05) is 23.5 Å². The largest absolute Gasteiger partial charge is 0.455 e. The lowest BCUT2D eigenvalue weighted by molar-refractivity contribution is 0.481. The van der Waals surface area contributed by atoms with Crippen molar-refractivity contribution in [3.05, 3.63) is 71.1 Å². The molecule has 0 saturated heterocycles. The quantitative estimate of drug-likeness (QED) is 0.652. The van der Waals surface area contributed by atoms with E-state index in [9.17, 15) is 0 Å². The molecule has 1 aromatic carbocycles.